The minimum Gasteiger partial charge on any atom is -0.261 e. The van der Waals surface area contributed by atoms with Crippen LogP contribution in [0.1, 0.15) is 25.3 Å². The molecule has 0 atom stereocenters. The zero-order valence-electron chi connectivity index (χ0n) is 6.68. The van der Waals surface area contributed by atoms with Crippen LogP contribution in [0.2, 0.25) is 0 Å². The van der Waals surface area contributed by atoms with E-state index in [9.17, 15) is 4.39 Å². The van der Waals surface area contributed by atoms with Gasteiger partial charge in [0.15, 0.2) is 0 Å². The van der Waals surface area contributed by atoms with Crippen molar-refractivity contribution in [3.8, 4) is 0 Å². The lowest BCUT2D eigenvalue weighted by Gasteiger charge is -1.97. The van der Waals surface area contributed by atoms with Gasteiger partial charge in [0, 0.05) is 6.20 Å². The maximum Gasteiger partial charge on any atom is 0.141 e. The molecule has 0 fully saturated rings. The Hall–Kier alpha value is -0.920. The summed E-state index contributed by atoms with van der Waals surface area (Å²) in [5.74, 6) is -0.237. The van der Waals surface area contributed by atoms with Crippen LogP contribution in [-0.2, 0) is 6.42 Å². The molecule has 0 bridgehead atoms. The molecule has 0 aromatic carbocycles. The molecule has 0 spiro atoms. The highest BCUT2D eigenvalue weighted by atomic mass is 19.1. The molecule has 0 aliphatic rings. The van der Waals surface area contributed by atoms with E-state index in [1.165, 1.54) is 6.20 Å². The van der Waals surface area contributed by atoms with Crippen molar-refractivity contribution >= 4 is 0 Å². The van der Waals surface area contributed by atoms with E-state index in [1.54, 1.807) is 12.3 Å². The summed E-state index contributed by atoms with van der Waals surface area (Å²) in [5, 5.41) is 0. The maximum atomic E-state index is 12.5. The number of hydrogen-bond donors (Lipinski definition) is 0. The molecule has 0 amide bonds. The second-order valence-electron chi connectivity index (χ2n) is 2.61. The number of unbranched alkanes of at least 4 members (excludes halogenated alkanes) is 1. The molecule has 0 radical (unpaired) electrons. The molecule has 60 valence electrons. The van der Waals surface area contributed by atoms with E-state index in [1.807, 2.05) is 0 Å². The van der Waals surface area contributed by atoms with Crippen LogP contribution in [0.4, 0.5) is 4.39 Å². The van der Waals surface area contributed by atoms with Crippen molar-refractivity contribution in [2.24, 2.45) is 0 Å². The smallest absolute Gasteiger partial charge is 0.141 e. The molecule has 0 aliphatic heterocycles. The van der Waals surface area contributed by atoms with Crippen molar-refractivity contribution in [2.45, 2.75) is 26.2 Å². The van der Waals surface area contributed by atoms with E-state index in [0.29, 0.717) is 0 Å². The first kappa shape index (κ1) is 8.18. The summed E-state index contributed by atoms with van der Waals surface area (Å²) in [6.07, 6.45) is 6.12. The number of pyridine rings is 1. The van der Waals surface area contributed by atoms with E-state index in [-0.39, 0.29) is 5.82 Å². The summed E-state index contributed by atoms with van der Waals surface area (Å²) >= 11 is 0. The van der Waals surface area contributed by atoms with Gasteiger partial charge in [-0.3, -0.25) is 4.98 Å². The van der Waals surface area contributed by atoms with Crippen molar-refractivity contribution in [1.29, 1.82) is 0 Å². The predicted octanol–water partition coefficient (Wildman–Crippen LogP) is 2.56. The monoisotopic (exact) mass is 153 g/mol. The fourth-order valence-electron chi connectivity index (χ4n) is 0.973. The summed E-state index contributed by atoms with van der Waals surface area (Å²) in [7, 11) is 0. The van der Waals surface area contributed by atoms with Gasteiger partial charge in [0.2, 0.25) is 0 Å². The van der Waals surface area contributed by atoms with Crippen LogP contribution in [-0.4, -0.2) is 4.98 Å². The third kappa shape index (κ3) is 2.66. The number of nitrogens with zero attached hydrogens (tertiary/aromatic N) is 1. The second-order valence-corrected chi connectivity index (χ2v) is 2.61. The molecule has 0 N–H and O–H groups in total. The molecule has 2 heteroatoms. The summed E-state index contributed by atoms with van der Waals surface area (Å²) in [6.45, 7) is 2.12. The number of halogens is 1. The van der Waals surface area contributed by atoms with Gasteiger partial charge >= 0.3 is 0 Å². The quantitative estimate of drug-likeness (QED) is 0.650. The van der Waals surface area contributed by atoms with Gasteiger partial charge in [-0.05, 0) is 24.5 Å². The zero-order valence-corrected chi connectivity index (χ0v) is 6.68. The van der Waals surface area contributed by atoms with Crippen LogP contribution in [0.25, 0.3) is 0 Å². The van der Waals surface area contributed by atoms with Crippen LogP contribution < -0.4 is 0 Å². The Morgan fingerprint density at radius 2 is 2.27 bits per heavy atom. The minimum atomic E-state index is -0.237. The molecular weight excluding hydrogens is 141 g/mol. The summed E-state index contributed by atoms with van der Waals surface area (Å²) in [4.78, 5) is 3.76. The van der Waals surface area contributed by atoms with Gasteiger partial charge in [-0.25, -0.2) is 4.39 Å². The molecule has 1 aromatic rings. The average Bonchev–Trinajstić information content (AvgIpc) is 2.01. The second kappa shape index (κ2) is 4.06. The van der Waals surface area contributed by atoms with Gasteiger partial charge in [-0.2, -0.15) is 0 Å². The van der Waals surface area contributed by atoms with E-state index in [2.05, 4.69) is 11.9 Å². The number of aryl methyl sites for hydroxylation is 1. The van der Waals surface area contributed by atoms with Gasteiger partial charge in [-0.1, -0.05) is 13.3 Å². The summed E-state index contributed by atoms with van der Waals surface area (Å²) in [6, 6.07) is 1.54. The predicted molar refractivity (Wildman–Crippen MR) is 42.8 cm³/mol. The lowest BCUT2D eigenvalue weighted by molar-refractivity contribution is 0.617. The highest BCUT2D eigenvalue weighted by Gasteiger charge is 1.94. The van der Waals surface area contributed by atoms with Crippen molar-refractivity contribution in [3.63, 3.8) is 0 Å². The minimum absolute atomic E-state index is 0.237. The Kier molecular flexibility index (Phi) is 3.02. The Labute approximate surface area is 66.3 Å². The molecule has 1 heterocycles. The molecule has 0 saturated carbocycles. The first-order chi connectivity index (χ1) is 5.33. The zero-order chi connectivity index (χ0) is 8.10. The molecule has 0 saturated heterocycles. The first-order valence-electron chi connectivity index (χ1n) is 3.92. The molecule has 0 aliphatic carbocycles. The normalized spacial score (nSPS) is 10.0. The third-order valence-electron chi connectivity index (χ3n) is 1.58. The fourth-order valence-corrected chi connectivity index (χ4v) is 0.973. The first-order valence-corrected chi connectivity index (χ1v) is 3.92. The van der Waals surface area contributed by atoms with Crippen LogP contribution >= 0.6 is 0 Å². The van der Waals surface area contributed by atoms with E-state index in [4.69, 9.17) is 0 Å². The van der Waals surface area contributed by atoms with Crippen LogP contribution in [0.5, 0.6) is 0 Å². The van der Waals surface area contributed by atoms with Gasteiger partial charge in [0.25, 0.3) is 0 Å². The Balaban J connectivity index is 2.56. The lowest BCUT2D eigenvalue weighted by atomic mass is 10.1. The van der Waals surface area contributed by atoms with Crippen LogP contribution in [0.3, 0.4) is 0 Å². The standard InChI is InChI=1S/C9H12FN/c1-2-3-4-8-5-9(10)7-11-6-8/h5-7H,2-4H2,1H3. The van der Waals surface area contributed by atoms with Gasteiger partial charge in [0.1, 0.15) is 5.82 Å². The van der Waals surface area contributed by atoms with Gasteiger partial charge in [-0.15, -0.1) is 0 Å². The van der Waals surface area contributed by atoms with Crippen LogP contribution in [0, 0.1) is 5.82 Å². The lowest BCUT2D eigenvalue weighted by Crippen LogP contribution is -1.87. The van der Waals surface area contributed by atoms with E-state index in [0.717, 1.165) is 24.8 Å². The molecular formula is C9H12FN. The van der Waals surface area contributed by atoms with Crippen molar-refractivity contribution in [1.82, 2.24) is 4.98 Å². The Morgan fingerprint density at radius 1 is 1.45 bits per heavy atom. The summed E-state index contributed by atoms with van der Waals surface area (Å²) < 4.78 is 12.5. The number of aromatic nitrogens is 1. The Morgan fingerprint density at radius 3 is 2.91 bits per heavy atom. The number of rotatable bonds is 3. The van der Waals surface area contributed by atoms with Gasteiger partial charge < -0.3 is 0 Å². The largest absolute Gasteiger partial charge is 0.261 e. The SMILES string of the molecule is CCCCc1cncc(F)c1. The molecule has 1 aromatic heterocycles. The summed E-state index contributed by atoms with van der Waals surface area (Å²) in [5.41, 5.74) is 0.992. The maximum absolute atomic E-state index is 12.5. The average molecular weight is 153 g/mol. The van der Waals surface area contributed by atoms with Crippen molar-refractivity contribution < 1.29 is 4.39 Å². The van der Waals surface area contributed by atoms with Crippen molar-refractivity contribution in [3.05, 3.63) is 29.8 Å². The van der Waals surface area contributed by atoms with E-state index >= 15 is 0 Å². The molecule has 11 heavy (non-hydrogen) atoms. The van der Waals surface area contributed by atoms with Crippen molar-refractivity contribution in [2.75, 3.05) is 0 Å². The number of hydrogen-bond acceptors (Lipinski definition) is 1. The van der Waals surface area contributed by atoms with E-state index < -0.39 is 0 Å². The molecule has 1 rings (SSSR count). The third-order valence-corrected chi connectivity index (χ3v) is 1.58. The topological polar surface area (TPSA) is 12.9 Å². The molecule has 0 unspecified atom stereocenters. The highest BCUT2D eigenvalue weighted by molar-refractivity contribution is 5.09. The Bertz CT molecular complexity index is 223. The van der Waals surface area contributed by atoms with Gasteiger partial charge in [0.05, 0.1) is 6.20 Å². The fraction of sp³-hybridized carbons (Fsp3) is 0.444. The molecule has 1 nitrogen and oxygen atoms in total. The van der Waals surface area contributed by atoms with Crippen LogP contribution in [0.15, 0.2) is 18.5 Å². The highest BCUT2D eigenvalue weighted by Crippen LogP contribution is 2.04.